The summed E-state index contributed by atoms with van der Waals surface area (Å²) in [4.78, 5) is 5.22. The Morgan fingerprint density at radius 1 is 0.447 bits per heavy atom. The topological polar surface area (TPSA) is 48.5 Å². The highest BCUT2D eigenvalue weighted by molar-refractivity contribution is 6.10. The summed E-state index contributed by atoms with van der Waals surface area (Å²) in [6.45, 7) is 4.13. The molecule has 0 aliphatic rings. The Labute approximate surface area is 220 Å². The lowest BCUT2D eigenvalue weighted by atomic mass is 9.95. The van der Waals surface area contributed by atoms with Gasteiger partial charge in [-0.25, -0.2) is 14.3 Å². The Bertz CT molecular complexity index is 1800. The Hall–Kier alpha value is -5.03. The molecular weight excluding hydrogens is 466 g/mol. The van der Waals surface area contributed by atoms with Crippen LogP contribution in [0.2, 0.25) is 0 Å². The largest absolute Gasteiger partial charge is 0.214 e. The molecular formula is C33H25N5. The van der Waals surface area contributed by atoms with Crippen LogP contribution in [-0.2, 0) is 0 Å². The lowest BCUT2D eigenvalue weighted by Gasteiger charge is -2.11. The fourth-order valence-electron chi connectivity index (χ4n) is 5.29. The number of hydrogen-bond donors (Lipinski definition) is 0. The maximum Gasteiger partial charge on any atom is 0.166 e. The first kappa shape index (κ1) is 22.2. The van der Waals surface area contributed by atoms with E-state index in [9.17, 15) is 0 Å². The van der Waals surface area contributed by atoms with Gasteiger partial charge in [-0.05, 0) is 54.8 Å². The zero-order valence-electron chi connectivity index (χ0n) is 21.2. The van der Waals surface area contributed by atoms with E-state index in [0.717, 1.165) is 56.0 Å². The molecule has 0 aliphatic carbocycles. The zero-order chi connectivity index (χ0) is 25.6. The van der Waals surface area contributed by atoms with Gasteiger partial charge in [-0.15, -0.1) is 0 Å². The second-order valence-corrected chi connectivity index (χ2v) is 9.49. The van der Waals surface area contributed by atoms with Gasteiger partial charge in [0.2, 0.25) is 0 Å². The third-order valence-corrected chi connectivity index (χ3v) is 7.07. The van der Waals surface area contributed by atoms with Crippen molar-refractivity contribution in [1.29, 1.82) is 0 Å². The third kappa shape index (κ3) is 3.51. The second kappa shape index (κ2) is 8.82. The van der Waals surface area contributed by atoms with Crippen molar-refractivity contribution in [3.05, 3.63) is 127 Å². The lowest BCUT2D eigenvalue weighted by molar-refractivity contribution is 0.863. The van der Waals surface area contributed by atoms with Gasteiger partial charge in [0.15, 0.2) is 11.3 Å². The van der Waals surface area contributed by atoms with Crippen LogP contribution < -0.4 is 0 Å². The van der Waals surface area contributed by atoms with Crippen LogP contribution in [-0.4, -0.2) is 24.5 Å². The predicted molar refractivity (Wildman–Crippen MR) is 154 cm³/mol. The van der Waals surface area contributed by atoms with Crippen LogP contribution in [0.5, 0.6) is 0 Å². The van der Waals surface area contributed by atoms with Crippen molar-refractivity contribution in [3.63, 3.8) is 0 Å². The molecule has 0 N–H and O–H groups in total. The summed E-state index contributed by atoms with van der Waals surface area (Å²) >= 11 is 0. The van der Waals surface area contributed by atoms with Crippen molar-refractivity contribution in [2.45, 2.75) is 13.8 Å². The third-order valence-electron chi connectivity index (χ3n) is 7.07. The molecule has 5 nitrogen and oxygen atoms in total. The highest BCUT2D eigenvalue weighted by Crippen LogP contribution is 2.40. The lowest BCUT2D eigenvalue weighted by Crippen LogP contribution is -2.01. The number of aromatic nitrogens is 5. The molecule has 3 aromatic heterocycles. The minimum absolute atomic E-state index is 0.820. The standard InChI is InChI=1S/C33H25N5/c1-22-29-31(26-20-18-25(19-21-26)24-12-6-3-7-13-24)30-23(2)36-38(28-16-10-5-11-17-28)33(30)34-32(29)37(35-22)27-14-8-4-9-15-27/h3-21H,1-2H3. The van der Waals surface area contributed by atoms with Crippen LogP contribution in [0.15, 0.2) is 115 Å². The van der Waals surface area contributed by atoms with Crippen LogP contribution in [0.3, 0.4) is 0 Å². The SMILES string of the molecule is Cc1nn(-c2ccccc2)c2nc3c(c(C)nn3-c3ccccc3)c(-c3ccc(-c4ccccc4)cc3)c12. The van der Waals surface area contributed by atoms with E-state index in [1.54, 1.807) is 0 Å². The van der Waals surface area contributed by atoms with Crippen LogP contribution >= 0.6 is 0 Å². The van der Waals surface area contributed by atoms with E-state index in [4.69, 9.17) is 15.2 Å². The first-order valence-electron chi connectivity index (χ1n) is 12.7. The molecule has 5 heteroatoms. The van der Waals surface area contributed by atoms with Gasteiger partial charge in [0.05, 0.1) is 33.5 Å². The smallest absolute Gasteiger partial charge is 0.166 e. The first-order valence-corrected chi connectivity index (χ1v) is 12.7. The Morgan fingerprint density at radius 2 is 0.842 bits per heavy atom. The molecule has 0 saturated heterocycles. The average Bonchev–Trinajstić information content (AvgIpc) is 3.50. The number of pyridine rings is 1. The van der Waals surface area contributed by atoms with Gasteiger partial charge < -0.3 is 0 Å². The van der Waals surface area contributed by atoms with Gasteiger partial charge in [0.1, 0.15) is 0 Å². The molecule has 0 spiro atoms. The van der Waals surface area contributed by atoms with E-state index in [1.807, 2.05) is 51.8 Å². The quantitative estimate of drug-likeness (QED) is 0.253. The van der Waals surface area contributed by atoms with Crippen molar-refractivity contribution in [1.82, 2.24) is 24.5 Å². The van der Waals surface area contributed by atoms with Crippen LogP contribution in [0.4, 0.5) is 0 Å². The summed E-state index contributed by atoms with van der Waals surface area (Å²) in [5.74, 6) is 0. The number of fused-ring (bicyclic) bond motifs is 2. The van der Waals surface area contributed by atoms with Crippen molar-refractivity contribution in [2.24, 2.45) is 0 Å². The van der Waals surface area contributed by atoms with Gasteiger partial charge in [-0.1, -0.05) is 91.0 Å². The Kier molecular flexibility index (Phi) is 5.15. The van der Waals surface area contributed by atoms with Crippen LogP contribution in [0.25, 0.3) is 55.7 Å². The van der Waals surface area contributed by atoms with E-state index in [0.29, 0.717) is 0 Å². The number of para-hydroxylation sites is 2. The number of nitrogens with zero attached hydrogens (tertiary/aromatic N) is 5. The minimum Gasteiger partial charge on any atom is -0.214 e. The van der Waals surface area contributed by atoms with Gasteiger partial charge in [0, 0.05) is 5.56 Å². The summed E-state index contributed by atoms with van der Waals surface area (Å²) in [5, 5.41) is 12.0. The fraction of sp³-hybridized carbons (Fsp3) is 0.0606. The van der Waals surface area contributed by atoms with Gasteiger partial charge in [-0.2, -0.15) is 10.2 Å². The van der Waals surface area contributed by atoms with Crippen molar-refractivity contribution in [3.8, 4) is 33.6 Å². The van der Waals surface area contributed by atoms with Crippen molar-refractivity contribution < 1.29 is 0 Å². The molecule has 7 aromatic rings. The van der Waals surface area contributed by atoms with E-state index < -0.39 is 0 Å². The Morgan fingerprint density at radius 3 is 1.32 bits per heavy atom. The van der Waals surface area contributed by atoms with Gasteiger partial charge >= 0.3 is 0 Å². The molecule has 7 rings (SSSR count). The molecule has 0 bridgehead atoms. The summed E-state index contributed by atoms with van der Waals surface area (Å²) in [5.41, 5.74) is 10.1. The number of rotatable bonds is 4. The molecule has 0 aliphatic heterocycles. The molecule has 0 unspecified atom stereocenters. The molecule has 0 fully saturated rings. The number of hydrogen-bond acceptors (Lipinski definition) is 3. The molecule has 182 valence electrons. The molecule has 38 heavy (non-hydrogen) atoms. The highest BCUT2D eigenvalue weighted by atomic mass is 15.3. The summed E-state index contributed by atoms with van der Waals surface area (Å²) in [6, 6.07) is 39.6. The van der Waals surface area contributed by atoms with Gasteiger partial charge in [0.25, 0.3) is 0 Å². The van der Waals surface area contributed by atoms with E-state index in [1.165, 1.54) is 11.1 Å². The van der Waals surface area contributed by atoms with Gasteiger partial charge in [-0.3, -0.25) is 0 Å². The summed E-state index contributed by atoms with van der Waals surface area (Å²) < 4.78 is 3.90. The summed E-state index contributed by atoms with van der Waals surface area (Å²) in [6.07, 6.45) is 0. The Balaban J connectivity index is 1.56. The molecule has 4 aromatic carbocycles. The molecule has 0 amide bonds. The monoisotopic (exact) mass is 491 g/mol. The fourth-order valence-corrected chi connectivity index (χ4v) is 5.29. The molecule has 0 atom stereocenters. The zero-order valence-corrected chi connectivity index (χ0v) is 21.2. The maximum atomic E-state index is 5.22. The normalized spacial score (nSPS) is 11.4. The van der Waals surface area contributed by atoms with E-state index >= 15 is 0 Å². The number of benzene rings is 4. The highest BCUT2D eigenvalue weighted by Gasteiger charge is 2.24. The molecule has 3 heterocycles. The summed E-state index contributed by atoms with van der Waals surface area (Å²) in [7, 11) is 0. The molecule has 0 radical (unpaired) electrons. The van der Waals surface area contributed by atoms with E-state index in [2.05, 4.69) is 86.6 Å². The van der Waals surface area contributed by atoms with Crippen LogP contribution in [0, 0.1) is 13.8 Å². The average molecular weight is 492 g/mol. The van der Waals surface area contributed by atoms with Crippen LogP contribution in [0.1, 0.15) is 11.4 Å². The predicted octanol–water partition coefficient (Wildman–Crippen LogP) is 7.71. The number of aryl methyl sites for hydroxylation is 2. The first-order chi connectivity index (χ1) is 18.7. The van der Waals surface area contributed by atoms with Crippen molar-refractivity contribution in [2.75, 3.05) is 0 Å². The van der Waals surface area contributed by atoms with E-state index in [-0.39, 0.29) is 0 Å². The minimum atomic E-state index is 0.820. The maximum absolute atomic E-state index is 5.22. The second-order valence-electron chi connectivity index (χ2n) is 9.49. The van der Waals surface area contributed by atoms with Crippen molar-refractivity contribution >= 4 is 22.1 Å². The molecule has 0 saturated carbocycles.